The van der Waals surface area contributed by atoms with Crippen molar-refractivity contribution in [2.75, 3.05) is 12.4 Å². The number of hydrogen-bond donors (Lipinski definition) is 3. The zero-order valence-corrected chi connectivity index (χ0v) is 10.7. The van der Waals surface area contributed by atoms with Crippen molar-refractivity contribution in [1.82, 2.24) is 0 Å². The first-order chi connectivity index (χ1) is 8.02. The predicted molar refractivity (Wildman–Crippen MR) is 64.7 cm³/mol. The average Bonchev–Trinajstić information content (AvgIpc) is 2.35. The van der Waals surface area contributed by atoms with Crippen molar-refractivity contribution in [2.45, 2.75) is 12.2 Å². The van der Waals surface area contributed by atoms with Crippen LogP contribution in [0.4, 0.5) is 0 Å². The quantitative estimate of drug-likeness (QED) is 0.711. The van der Waals surface area contributed by atoms with E-state index >= 15 is 0 Å². The molecule has 1 rings (SSSR count). The standard InChI is InChI=1S/C11H13BrO5/c1-17-8-4-2-3-6(9(8)11(15)16)10(14)7(13)5-12/h2-4,7,10,13-14H,5H2,1H3,(H,15,16). The molecular weight excluding hydrogens is 292 g/mol. The van der Waals surface area contributed by atoms with Crippen molar-refractivity contribution in [3.05, 3.63) is 29.3 Å². The van der Waals surface area contributed by atoms with Crippen molar-refractivity contribution in [3.8, 4) is 5.75 Å². The van der Waals surface area contributed by atoms with Crippen LogP contribution in [0.5, 0.6) is 5.75 Å². The molecule has 2 unspecified atom stereocenters. The Labute approximate surface area is 107 Å². The normalized spacial score (nSPS) is 14.1. The number of aliphatic hydroxyl groups excluding tert-OH is 2. The largest absolute Gasteiger partial charge is 0.496 e. The van der Waals surface area contributed by atoms with Crippen LogP contribution in [0.3, 0.4) is 0 Å². The van der Waals surface area contributed by atoms with Crippen LogP contribution in [0.25, 0.3) is 0 Å². The highest BCUT2D eigenvalue weighted by Crippen LogP contribution is 2.29. The van der Waals surface area contributed by atoms with Gasteiger partial charge in [0.15, 0.2) is 0 Å². The third-order valence-corrected chi connectivity index (χ3v) is 3.00. The summed E-state index contributed by atoms with van der Waals surface area (Å²) in [6, 6.07) is 4.49. The lowest BCUT2D eigenvalue weighted by atomic mass is 9.98. The van der Waals surface area contributed by atoms with Crippen LogP contribution < -0.4 is 4.74 Å². The molecule has 0 heterocycles. The molecule has 0 aliphatic rings. The van der Waals surface area contributed by atoms with Gasteiger partial charge < -0.3 is 20.1 Å². The number of carboxylic acids is 1. The van der Waals surface area contributed by atoms with E-state index in [1.54, 1.807) is 6.07 Å². The molecule has 6 heteroatoms. The van der Waals surface area contributed by atoms with E-state index in [9.17, 15) is 15.0 Å². The maximum atomic E-state index is 11.1. The van der Waals surface area contributed by atoms with Crippen LogP contribution in [0.1, 0.15) is 22.0 Å². The Morgan fingerprint density at radius 2 is 2.12 bits per heavy atom. The van der Waals surface area contributed by atoms with Crippen LogP contribution in [-0.2, 0) is 0 Å². The number of halogens is 1. The molecule has 2 atom stereocenters. The Kier molecular flexibility index (Phi) is 4.92. The number of hydrogen-bond acceptors (Lipinski definition) is 4. The maximum Gasteiger partial charge on any atom is 0.339 e. The number of methoxy groups -OCH3 is 1. The van der Waals surface area contributed by atoms with Crippen molar-refractivity contribution in [1.29, 1.82) is 0 Å². The van der Waals surface area contributed by atoms with Gasteiger partial charge in [-0.25, -0.2) is 4.79 Å². The van der Waals surface area contributed by atoms with Crippen molar-refractivity contribution in [3.63, 3.8) is 0 Å². The summed E-state index contributed by atoms with van der Waals surface area (Å²) in [7, 11) is 1.35. The molecule has 0 saturated heterocycles. The Hall–Kier alpha value is -1.11. The predicted octanol–water partition coefficient (Wildman–Crippen LogP) is 1.18. The second kappa shape index (κ2) is 6.00. The highest BCUT2D eigenvalue weighted by atomic mass is 79.9. The fourth-order valence-electron chi connectivity index (χ4n) is 1.49. The summed E-state index contributed by atoms with van der Waals surface area (Å²) in [5.74, 6) is -1.06. The lowest BCUT2D eigenvalue weighted by Gasteiger charge is -2.19. The van der Waals surface area contributed by atoms with Gasteiger partial charge in [0.25, 0.3) is 0 Å². The van der Waals surface area contributed by atoms with E-state index in [2.05, 4.69) is 15.9 Å². The lowest BCUT2D eigenvalue weighted by molar-refractivity contribution is 0.0326. The molecule has 0 bridgehead atoms. The zero-order valence-electron chi connectivity index (χ0n) is 9.13. The molecule has 94 valence electrons. The molecule has 5 nitrogen and oxygen atoms in total. The van der Waals surface area contributed by atoms with Gasteiger partial charge in [0.05, 0.1) is 13.2 Å². The molecule has 0 spiro atoms. The Balaban J connectivity index is 3.27. The molecule has 0 aromatic heterocycles. The summed E-state index contributed by atoms with van der Waals surface area (Å²) in [6.45, 7) is 0. The Morgan fingerprint density at radius 1 is 1.47 bits per heavy atom. The number of benzene rings is 1. The molecular formula is C11H13BrO5. The Morgan fingerprint density at radius 3 is 2.59 bits per heavy atom. The molecule has 0 radical (unpaired) electrons. The van der Waals surface area contributed by atoms with Gasteiger partial charge in [0, 0.05) is 10.9 Å². The summed E-state index contributed by atoms with van der Waals surface area (Å²) in [5.41, 5.74) is -0.00806. The highest BCUT2D eigenvalue weighted by molar-refractivity contribution is 9.09. The molecule has 1 aromatic rings. The van der Waals surface area contributed by atoms with Crippen molar-refractivity contribution < 1.29 is 24.9 Å². The first-order valence-corrected chi connectivity index (χ1v) is 5.97. The molecule has 1 aromatic carbocycles. The van der Waals surface area contributed by atoms with E-state index in [-0.39, 0.29) is 22.2 Å². The zero-order chi connectivity index (χ0) is 13.0. The SMILES string of the molecule is COc1cccc(C(O)C(O)CBr)c1C(=O)O. The van der Waals surface area contributed by atoms with Crippen LogP contribution in [0.2, 0.25) is 0 Å². The van der Waals surface area contributed by atoms with Crippen LogP contribution in [-0.4, -0.2) is 39.8 Å². The summed E-state index contributed by atoms with van der Waals surface area (Å²) in [4.78, 5) is 11.1. The van der Waals surface area contributed by atoms with Gasteiger partial charge in [-0.3, -0.25) is 0 Å². The third-order valence-electron chi connectivity index (χ3n) is 2.33. The second-order valence-electron chi connectivity index (χ2n) is 3.40. The van der Waals surface area contributed by atoms with Gasteiger partial charge in [-0.1, -0.05) is 28.1 Å². The van der Waals surface area contributed by atoms with Gasteiger partial charge in [-0.05, 0) is 6.07 Å². The number of alkyl halides is 1. The van der Waals surface area contributed by atoms with Crippen LogP contribution in [0, 0.1) is 0 Å². The minimum Gasteiger partial charge on any atom is -0.496 e. The fraction of sp³-hybridized carbons (Fsp3) is 0.364. The Bertz CT molecular complexity index is 407. The van der Waals surface area contributed by atoms with Crippen molar-refractivity contribution in [2.24, 2.45) is 0 Å². The third kappa shape index (κ3) is 2.96. The summed E-state index contributed by atoms with van der Waals surface area (Å²) in [6.07, 6.45) is -2.37. The monoisotopic (exact) mass is 304 g/mol. The van der Waals surface area contributed by atoms with Gasteiger partial charge in [-0.15, -0.1) is 0 Å². The van der Waals surface area contributed by atoms with E-state index < -0.39 is 18.2 Å². The molecule has 0 amide bonds. The minimum atomic E-state index is -1.28. The van der Waals surface area contributed by atoms with Gasteiger partial charge in [-0.2, -0.15) is 0 Å². The smallest absolute Gasteiger partial charge is 0.339 e. The molecule has 17 heavy (non-hydrogen) atoms. The average molecular weight is 305 g/mol. The van der Waals surface area contributed by atoms with Gasteiger partial charge in [0.1, 0.15) is 17.4 Å². The highest BCUT2D eigenvalue weighted by Gasteiger charge is 2.25. The number of carboxylic acid groups (broad SMARTS) is 1. The topological polar surface area (TPSA) is 87.0 Å². The molecule has 3 N–H and O–H groups in total. The van der Waals surface area contributed by atoms with E-state index in [4.69, 9.17) is 9.84 Å². The molecule has 0 saturated carbocycles. The number of aliphatic hydroxyl groups is 2. The van der Waals surface area contributed by atoms with E-state index in [0.717, 1.165) is 0 Å². The van der Waals surface area contributed by atoms with Crippen LogP contribution in [0.15, 0.2) is 18.2 Å². The fourth-order valence-corrected chi connectivity index (χ4v) is 1.84. The first-order valence-electron chi connectivity index (χ1n) is 4.85. The summed E-state index contributed by atoms with van der Waals surface area (Å²) in [5, 5.41) is 28.6. The van der Waals surface area contributed by atoms with E-state index in [0.29, 0.717) is 0 Å². The first kappa shape index (κ1) is 14.0. The second-order valence-corrected chi connectivity index (χ2v) is 4.04. The lowest BCUT2D eigenvalue weighted by Crippen LogP contribution is -2.22. The van der Waals surface area contributed by atoms with Gasteiger partial charge in [0.2, 0.25) is 0 Å². The molecule has 0 aliphatic heterocycles. The number of ether oxygens (including phenoxy) is 1. The molecule has 0 fully saturated rings. The molecule has 0 aliphatic carbocycles. The minimum absolute atomic E-state index is 0.129. The number of carbonyl (C=O) groups is 1. The summed E-state index contributed by atoms with van der Waals surface area (Å²) < 4.78 is 4.93. The number of rotatable bonds is 5. The number of aromatic carboxylic acids is 1. The van der Waals surface area contributed by atoms with Crippen LogP contribution >= 0.6 is 15.9 Å². The maximum absolute atomic E-state index is 11.1. The van der Waals surface area contributed by atoms with E-state index in [1.807, 2.05) is 0 Å². The van der Waals surface area contributed by atoms with Gasteiger partial charge >= 0.3 is 5.97 Å². The van der Waals surface area contributed by atoms with Crippen molar-refractivity contribution >= 4 is 21.9 Å². The summed E-state index contributed by atoms with van der Waals surface area (Å²) >= 11 is 3.02. The van der Waals surface area contributed by atoms with E-state index in [1.165, 1.54) is 19.2 Å².